The van der Waals surface area contributed by atoms with Crippen LogP contribution in [0, 0.1) is 0 Å². The van der Waals surface area contributed by atoms with Crippen LogP contribution in [-0.4, -0.2) is 29.5 Å². The van der Waals surface area contributed by atoms with Crippen LogP contribution in [0.2, 0.25) is 0 Å². The molecule has 5 nitrogen and oxygen atoms in total. The summed E-state index contributed by atoms with van der Waals surface area (Å²) in [5.74, 6) is 0. The molecule has 0 unspecified atom stereocenters. The summed E-state index contributed by atoms with van der Waals surface area (Å²) in [6, 6.07) is 0. The summed E-state index contributed by atoms with van der Waals surface area (Å²) in [5.41, 5.74) is 0. The molecule has 0 radical (unpaired) electrons. The van der Waals surface area contributed by atoms with Gasteiger partial charge in [-0.25, -0.2) is 4.57 Å². The molecule has 0 aliphatic heterocycles. The maximum absolute atomic E-state index is 10.2. The summed E-state index contributed by atoms with van der Waals surface area (Å²) in [5, 5.41) is 3.14. The van der Waals surface area contributed by atoms with Gasteiger partial charge in [0.25, 0.3) is 0 Å². The average molecular weight is 211 g/mol. The monoisotopic (exact) mass is 211 g/mol. The lowest BCUT2D eigenvalue weighted by Gasteiger charge is -2.05. The molecule has 0 saturated carbocycles. The molecule has 0 aromatic carbocycles. The molecule has 0 heterocycles. The summed E-state index contributed by atoms with van der Waals surface area (Å²) in [6.07, 6.45) is 2.89. The van der Waals surface area contributed by atoms with Gasteiger partial charge in [0.2, 0.25) is 0 Å². The molecule has 0 rings (SSSR count). The molecule has 0 saturated heterocycles. The zero-order valence-electron chi connectivity index (χ0n) is 7.90. The second-order valence-corrected chi connectivity index (χ2v) is 4.02. The zero-order valence-corrected chi connectivity index (χ0v) is 8.80. The van der Waals surface area contributed by atoms with Crippen molar-refractivity contribution in [2.75, 3.05) is 19.7 Å². The van der Waals surface area contributed by atoms with Gasteiger partial charge in [0.05, 0.1) is 6.61 Å². The van der Waals surface area contributed by atoms with Crippen LogP contribution in [0.5, 0.6) is 0 Å². The molecule has 80 valence electrons. The van der Waals surface area contributed by atoms with E-state index in [2.05, 4.69) is 16.8 Å². The molecule has 0 fully saturated rings. The molecule has 0 atom stereocenters. The van der Waals surface area contributed by atoms with E-state index in [1.165, 1.54) is 0 Å². The molecule has 0 aliphatic rings. The van der Waals surface area contributed by atoms with Gasteiger partial charge in [0.15, 0.2) is 0 Å². The molecular formula is C7H18NO4P. The molecular weight excluding hydrogens is 193 g/mol. The van der Waals surface area contributed by atoms with Crippen molar-refractivity contribution in [3.8, 4) is 0 Å². The summed E-state index contributed by atoms with van der Waals surface area (Å²) >= 11 is 0. The van der Waals surface area contributed by atoms with Crippen LogP contribution in [0.3, 0.4) is 0 Å². The maximum Gasteiger partial charge on any atom is 0.469 e. The molecule has 0 bridgehead atoms. The predicted molar refractivity (Wildman–Crippen MR) is 50.4 cm³/mol. The highest BCUT2D eigenvalue weighted by Gasteiger charge is 2.11. The first-order valence-corrected chi connectivity index (χ1v) is 6.00. The number of phosphoric ester groups is 1. The van der Waals surface area contributed by atoms with Crippen molar-refractivity contribution in [3.05, 3.63) is 0 Å². The fourth-order valence-electron chi connectivity index (χ4n) is 0.807. The molecule has 0 aromatic rings. The number of unbranched alkanes of at least 4 members (excludes halogenated alkanes) is 1. The molecule has 0 spiro atoms. The Morgan fingerprint density at radius 3 is 2.46 bits per heavy atom. The number of hydrogen-bond donors (Lipinski definition) is 3. The average Bonchev–Trinajstić information content (AvgIpc) is 2.01. The first-order valence-electron chi connectivity index (χ1n) is 4.47. The van der Waals surface area contributed by atoms with Gasteiger partial charge in [-0.3, -0.25) is 4.52 Å². The normalized spacial score (nSPS) is 11.9. The Bertz CT molecular complexity index is 159. The summed E-state index contributed by atoms with van der Waals surface area (Å²) in [7, 11) is -4.25. The Morgan fingerprint density at radius 1 is 1.31 bits per heavy atom. The van der Waals surface area contributed by atoms with Gasteiger partial charge in [0, 0.05) is 0 Å². The predicted octanol–water partition coefficient (Wildman–Crippen LogP) is 0.875. The molecule has 6 heteroatoms. The molecule has 3 N–H and O–H groups in total. The van der Waals surface area contributed by atoms with Crippen LogP contribution < -0.4 is 5.32 Å². The van der Waals surface area contributed by atoms with E-state index in [1.807, 2.05) is 0 Å². The lowest BCUT2D eigenvalue weighted by Crippen LogP contribution is -2.17. The van der Waals surface area contributed by atoms with E-state index in [-0.39, 0.29) is 6.61 Å². The summed E-state index contributed by atoms with van der Waals surface area (Å²) in [4.78, 5) is 16.7. The quantitative estimate of drug-likeness (QED) is 0.410. The summed E-state index contributed by atoms with van der Waals surface area (Å²) < 4.78 is 14.5. The van der Waals surface area contributed by atoms with Crippen molar-refractivity contribution >= 4 is 7.82 Å². The van der Waals surface area contributed by atoms with Gasteiger partial charge >= 0.3 is 7.82 Å². The van der Waals surface area contributed by atoms with E-state index in [1.54, 1.807) is 0 Å². The van der Waals surface area contributed by atoms with E-state index < -0.39 is 7.82 Å². The van der Waals surface area contributed by atoms with Crippen LogP contribution >= 0.6 is 7.82 Å². The third-order valence-electron chi connectivity index (χ3n) is 1.46. The van der Waals surface area contributed by atoms with Crippen LogP contribution in [-0.2, 0) is 9.09 Å². The lowest BCUT2D eigenvalue weighted by atomic mass is 10.3. The highest BCUT2D eigenvalue weighted by molar-refractivity contribution is 7.46. The van der Waals surface area contributed by atoms with Crippen molar-refractivity contribution in [1.29, 1.82) is 0 Å². The SMILES string of the molecule is CCCCNCCCOP(=O)(O)O. The minimum Gasteiger partial charge on any atom is -0.317 e. The van der Waals surface area contributed by atoms with Gasteiger partial charge in [-0.05, 0) is 25.9 Å². The number of rotatable bonds is 8. The molecule has 0 amide bonds. The third kappa shape index (κ3) is 12.1. The first-order chi connectivity index (χ1) is 6.06. The van der Waals surface area contributed by atoms with Crippen molar-refractivity contribution in [2.24, 2.45) is 0 Å². The van der Waals surface area contributed by atoms with E-state index in [0.717, 1.165) is 25.9 Å². The minimum absolute atomic E-state index is 0.101. The lowest BCUT2D eigenvalue weighted by molar-refractivity contribution is 0.194. The Kier molecular flexibility index (Phi) is 7.51. The molecule has 13 heavy (non-hydrogen) atoms. The Morgan fingerprint density at radius 2 is 1.92 bits per heavy atom. The second-order valence-electron chi connectivity index (χ2n) is 2.78. The van der Waals surface area contributed by atoms with E-state index >= 15 is 0 Å². The van der Waals surface area contributed by atoms with Crippen LogP contribution in [0.4, 0.5) is 0 Å². The smallest absolute Gasteiger partial charge is 0.317 e. The van der Waals surface area contributed by atoms with Crippen LogP contribution in [0.25, 0.3) is 0 Å². The minimum atomic E-state index is -4.25. The number of nitrogens with one attached hydrogen (secondary N) is 1. The van der Waals surface area contributed by atoms with Crippen molar-refractivity contribution < 1.29 is 18.9 Å². The van der Waals surface area contributed by atoms with Crippen LogP contribution in [0.1, 0.15) is 26.2 Å². The zero-order chi connectivity index (χ0) is 10.2. The van der Waals surface area contributed by atoms with Gasteiger partial charge in [-0.2, -0.15) is 0 Å². The highest BCUT2D eigenvalue weighted by atomic mass is 31.2. The Hall–Kier alpha value is 0.0700. The van der Waals surface area contributed by atoms with Gasteiger partial charge in [0.1, 0.15) is 0 Å². The highest BCUT2D eigenvalue weighted by Crippen LogP contribution is 2.35. The largest absolute Gasteiger partial charge is 0.469 e. The number of phosphoric acid groups is 1. The van der Waals surface area contributed by atoms with Crippen molar-refractivity contribution in [1.82, 2.24) is 5.32 Å². The van der Waals surface area contributed by atoms with Crippen LogP contribution in [0.15, 0.2) is 0 Å². The van der Waals surface area contributed by atoms with Gasteiger partial charge in [-0.15, -0.1) is 0 Å². The van der Waals surface area contributed by atoms with E-state index in [0.29, 0.717) is 6.42 Å². The molecule has 0 aromatic heterocycles. The van der Waals surface area contributed by atoms with Gasteiger partial charge in [-0.1, -0.05) is 13.3 Å². The topological polar surface area (TPSA) is 78.8 Å². The Balaban J connectivity index is 3.04. The second kappa shape index (κ2) is 7.47. The van der Waals surface area contributed by atoms with Crippen molar-refractivity contribution in [2.45, 2.75) is 26.2 Å². The van der Waals surface area contributed by atoms with Gasteiger partial charge < -0.3 is 15.1 Å². The standard InChI is InChI=1S/C7H18NO4P/c1-2-3-5-8-6-4-7-12-13(9,10)11/h8H,2-7H2,1H3,(H2,9,10,11). The molecule has 0 aliphatic carbocycles. The van der Waals surface area contributed by atoms with E-state index in [4.69, 9.17) is 9.79 Å². The fourth-order valence-corrected chi connectivity index (χ4v) is 1.17. The Labute approximate surface area is 78.7 Å². The van der Waals surface area contributed by atoms with Crippen molar-refractivity contribution in [3.63, 3.8) is 0 Å². The number of hydrogen-bond acceptors (Lipinski definition) is 3. The third-order valence-corrected chi connectivity index (χ3v) is 1.98. The summed E-state index contributed by atoms with van der Waals surface area (Å²) in [6.45, 7) is 3.90. The fraction of sp³-hybridized carbons (Fsp3) is 1.00. The first kappa shape index (κ1) is 13.1. The maximum atomic E-state index is 10.2. The van der Waals surface area contributed by atoms with E-state index in [9.17, 15) is 4.57 Å².